The van der Waals surface area contributed by atoms with E-state index in [-0.39, 0.29) is 22.3 Å². The van der Waals surface area contributed by atoms with Gasteiger partial charge in [0.15, 0.2) is 10.9 Å². The van der Waals surface area contributed by atoms with Crippen LogP contribution in [0.3, 0.4) is 0 Å². The number of carbonyl (C=O) groups is 1. The van der Waals surface area contributed by atoms with Gasteiger partial charge in [-0.1, -0.05) is 0 Å². The average Bonchev–Trinajstić information content (AvgIpc) is 3.34. The number of nitro benzene ring substituents is 1. The molecule has 2 aliphatic rings. The predicted molar refractivity (Wildman–Crippen MR) is 122 cm³/mol. The Bertz CT molecular complexity index is 951. The quantitative estimate of drug-likeness (QED) is 0.438. The molecule has 0 atom stereocenters. The minimum Gasteiger partial charge on any atom is -0.459 e. The molecule has 2 saturated heterocycles. The smallest absolute Gasteiger partial charge is 0.293 e. The predicted octanol–water partition coefficient (Wildman–Crippen LogP) is 3.02. The normalized spacial score (nSPS) is 16.8. The van der Waals surface area contributed by atoms with Crippen LogP contribution in [0.5, 0.6) is 0 Å². The molecule has 0 saturated carbocycles. The summed E-state index contributed by atoms with van der Waals surface area (Å²) >= 11 is 5.38. The summed E-state index contributed by atoms with van der Waals surface area (Å²) in [6, 6.07) is 8.61. The zero-order valence-corrected chi connectivity index (χ0v) is 18.0. The van der Waals surface area contributed by atoms with E-state index >= 15 is 0 Å². The zero-order valence-electron chi connectivity index (χ0n) is 17.2. The highest BCUT2D eigenvalue weighted by atomic mass is 32.1. The Balaban J connectivity index is 1.40. The van der Waals surface area contributed by atoms with E-state index in [9.17, 15) is 14.9 Å². The fraction of sp³-hybridized carbons (Fsp3) is 0.429. The number of nitrogens with one attached hydrogen (secondary N) is 1. The molecule has 1 N–H and O–H groups in total. The average molecular weight is 444 g/mol. The van der Waals surface area contributed by atoms with Crippen molar-refractivity contribution in [1.29, 1.82) is 0 Å². The van der Waals surface area contributed by atoms with Crippen molar-refractivity contribution in [3.8, 4) is 0 Å². The molecule has 10 heteroatoms. The number of carbonyl (C=O) groups excluding carboxylic acids is 1. The van der Waals surface area contributed by atoms with E-state index < -0.39 is 0 Å². The number of piperazine rings is 1. The van der Waals surface area contributed by atoms with Crippen molar-refractivity contribution in [3.63, 3.8) is 0 Å². The molecular formula is C21H25N5O4S. The Morgan fingerprint density at radius 1 is 1.03 bits per heavy atom. The van der Waals surface area contributed by atoms with Crippen molar-refractivity contribution in [1.82, 2.24) is 10.2 Å². The van der Waals surface area contributed by atoms with E-state index in [1.807, 2.05) is 17.0 Å². The summed E-state index contributed by atoms with van der Waals surface area (Å²) in [6.45, 7) is 4.39. The van der Waals surface area contributed by atoms with Crippen LogP contribution in [0.2, 0.25) is 0 Å². The Morgan fingerprint density at radius 2 is 1.77 bits per heavy atom. The maximum absolute atomic E-state index is 12.1. The lowest BCUT2D eigenvalue weighted by atomic mass is 10.1. The molecule has 9 nitrogen and oxygen atoms in total. The van der Waals surface area contributed by atoms with Gasteiger partial charge in [-0.3, -0.25) is 20.2 Å². The molecule has 1 aromatic carbocycles. The lowest BCUT2D eigenvalue weighted by Crippen LogP contribution is -2.52. The summed E-state index contributed by atoms with van der Waals surface area (Å²) in [5, 5.41) is 14.6. The van der Waals surface area contributed by atoms with Crippen molar-refractivity contribution in [2.45, 2.75) is 19.3 Å². The van der Waals surface area contributed by atoms with Crippen LogP contribution < -0.4 is 15.1 Å². The lowest BCUT2D eigenvalue weighted by molar-refractivity contribution is -0.384. The van der Waals surface area contributed by atoms with Crippen LogP contribution in [0.1, 0.15) is 29.8 Å². The highest BCUT2D eigenvalue weighted by Crippen LogP contribution is 2.34. The third-order valence-corrected chi connectivity index (χ3v) is 6.11. The van der Waals surface area contributed by atoms with Gasteiger partial charge in [-0.15, -0.1) is 0 Å². The largest absolute Gasteiger partial charge is 0.459 e. The van der Waals surface area contributed by atoms with Gasteiger partial charge >= 0.3 is 0 Å². The molecule has 31 heavy (non-hydrogen) atoms. The second kappa shape index (κ2) is 9.34. The standard InChI is InChI=1S/C21H25N5O4S/c27-20(19-5-4-14-30-19)22-21(31)25-12-10-23(11-13-25)16-6-7-17(26(28)29)18(15-16)24-8-2-1-3-9-24/h4-7,14-15H,1-3,8-13H2,(H,22,27,31). The molecule has 0 unspecified atom stereocenters. The highest BCUT2D eigenvalue weighted by Gasteiger charge is 2.25. The van der Waals surface area contributed by atoms with E-state index in [0.717, 1.165) is 31.6 Å². The van der Waals surface area contributed by atoms with Crippen molar-refractivity contribution in [2.75, 3.05) is 49.1 Å². The summed E-state index contributed by atoms with van der Waals surface area (Å²) in [5.74, 6) is -0.143. The number of piperidine rings is 1. The number of anilines is 2. The molecular weight excluding hydrogens is 418 g/mol. The monoisotopic (exact) mass is 443 g/mol. The van der Waals surface area contributed by atoms with Gasteiger partial charge in [0, 0.05) is 51.0 Å². The SMILES string of the molecule is O=C(NC(=S)N1CCN(c2ccc([N+](=O)[O-])c(N3CCCCC3)c2)CC1)c1ccco1. The second-order valence-corrected chi connectivity index (χ2v) is 8.08. The molecule has 2 aromatic rings. The first kappa shape index (κ1) is 21.1. The Kier molecular flexibility index (Phi) is 6.36. The number of thiocarbonyl (C=S) groups is 1. The number of hydrogen-bond donors (Lipinski definition) is 1. The summed E-state index contributed by atoms with van der Waals surface area (Å²) < 4.78 is 5.10. The van der Waals surface area contributed by atoms with Crippen LogP contribution in [-0.2, 0) is 0 Å². The number of nitro groups is 1. The molecule has 2 fully saturated rings. The van der Waals surface area contributed by atoms with E-state index in [1.165, 1.54) is 12.7 Å². The van der Waals surface area contributed by atoms with Crippen LogP contribution >= 0.6 is 12.2 Å². The molecule has 2 aliphatic heterocycles. The molecule has 1 amide bonds. The fourth-order valence-electron chi connectivity index (χ4n) is 4.06. The molecule has 0 aliphatic carbocycles. The third-order valence-electron chi connectivity index (χ3n) is 5.75. The topological polar surface area (TPSA) is 95.1 Å². The van der Waals surface area contributed by atoms with Gasteiger partial charge < -0.3 is 19.1 Å². The molecule has 0 bridgehead atoms. The maximum Gasteiger partial charge on any atom is 0.293 e. The summed E-state index contributed by atoms with van der Waals surface area (Å²) in [6.07, 6.45) is 4.73. The first-order valence-electron chi connectivity index (χ1n) is 10.4. The molecule has 1 aromatic heterocycles. The summed E-state index contributed by atoms with van der Waals surface area (Å²) in [7, 11) is 0. The van der Waals surface area contributed by atoms with Crippen molar-refractivity contribution >= 4 is 40.3 Å². The van der Waals surface area contributed by atoms with Gasteiger partial charge in [-0.05, 0) is 55.7 Å². The number of benzene rings is 1. The molecule has 0 radical (unpaired) electrons. The lowest BCUT2D eigenvalue weighted by Gasteiger charge is -2.37. The second-order valence-electron chi connectivity index (χ2n) is 7.69. The number of rotatable bonds is 4. The van der Waals surface area contributed by atoms with E-state index in [1.54, 1.807) is 18.2 Å². The van der Waals surface area contributed by atoms with E-state index in [2.05, 4.69) is 15.1 Å². The van der Waals surface area contributed by atoms with Crippen LogP contribution in [0.25, 0.3) is 0 Å². The molecule has 0 spiro atoms. The Labute approximate surface area is 185 Å². The van der Waals surface area contributed by atoms with Gasteiger partial charge in [0.25, 0.3) is 11.6 Å². The van der Waals surface area contributed by atoms with Crippen LogP contribution in [0.4, 0.5) is 17.1 Å². The molecule has 164 valence electrons. The number of hydrogen-bond acceptors (Lipinski definition) is 7. The van der Waals surface area contributed by atoms with Crippen LogP contribution in [0.15, 0.2) is 41.0 Å². The van der Waals surface area contributed by atoms with Crippen molar-refractivity contribution in [3.05, 3.63) is 52.5 Å². The molecule has 3 heterocycles. The first-order valence-corrected chi connectivity index (χ1v) is 10.9. The van der Waals surface area contributed by atoms with E-state index in [4.69, 9.17) is 16.6 Å². The van der Waals surface area contributed by atoms with Gasteiger partial charge in [0.05, 0.1) is 11.2 Å². The van der Waals surface area contributed by atoms with Crippen molar-refractivity contribution in [2.24, 2.45) is 0 Å². The van der Waals surface area contributed by atoms with Crippen LogP contribution in [0, 0.1) is 10.1 Å². The fourth-order valence-corrected chi connectivity index (χ4v) is 4.34. The number of furan rings is 1. The van der Waals surface area contributed by atoms with Gasteiger partial charge in [-0.2, -0.15) is 0 Å². The Hall–Kier alpha value is -3.14. The van der Waals surface area contributed by atoms with Gasteiger partial charge in [0.1, 0.15) is 5.69 Å². The first-order chi connectivity index (χ1) is 15.0. The number of nitrogens with zero attached hydrogens (tertiary/aromatic N) is 4. The number of amides is 1. The van der Waals surface area contributed by atoms with Crippen molar-refractivity contribution < 1.29 is 14.1 Å². The molecule has 4 rings (SSSR count). The Morgan fingerprint density at radius 3 is 2.42 bits per heavy atom. The minimum atomic E-state index is -0.362. The van der Waals surface area contributed by atoms with E-state index in [0.29, 0.717) is 37.0 Å². The summed E-state index contributed by atoms with van der Waals surface area (Å²) in [4.78, 5) is 29.6. The maximum atomic E-state index is 12.1. The van der Waals surface area contributed by atoms with Gasteiger partial charge in [0.2, 0.25) is 0 Å². The minimum absolute atomic E-state index is 0.158. The third kappa shape index (κ3) is 4.79. The summed E-state index contributed by atoms with van der Waals surface area (Å²) in [5.41, 5.74) is 1.83. The van der Waals surface area contributed by atoms with Gasteiger partial charge in [-0.25, -0.2) is 0 Å². The van der Waals surface area contributed by atoms with Crippen LogP contribution in [-0.4, -0.2) is 60.1 Å². The highest BCUT2D eigenvalue weighted by molar-refractivity contribution is 7.80. The zero-order chi connectivity index (χ0) is 21.8.